The molecule has 286 valence electrons. The fourth-order valence-electron chi connectivity index (χ4n) is 10.4. The minimum Gasteiger partial charge on any atom is -0.509 e. The van der Waals surface area contributed by atoms with Crippen LogP contribution in [0, 0.1) is 50.7 Å². The molecule has 0 amide bonds. The van der Waals surface area contributed by atoms with Gasteiger partial charge in [-0.25, -0.2) is 4.98 Å². The third kappa shape index (κ3) is 7.21. The number of fused-ring (bicyclic) bond motifs is 3. The summed E-state index contributed by atoms with van der Waals surface area (Å²) in [4.78, 5) is 4.72. The number of para-hydroxylation sites is 1. The van der Waals surface area contributed by atoms with Crippen LogP contribution in [0.3, 0.4) is 0 Å². The molecule has 0 saturated heterocycles. The topological polar surface area (TPSA) is 54.1 Å². The average molecular weight is 912 g/mol. The monoisotopic (exact) mass is 911 g/mol. The second-order valence-electron chi connectivity index (χ2n) is 16.2. The van der Waals surface area contributed by atoms with Gasteiger partial charge in [0.2, 0.25) is 0 Å². The van der Waals surface area contributed by atoms with Crippen LogP contribution < -0.4 is 9.47 Å². The number of ether oxygens (including phenoxy) is 2. The number of pyridine rings is 1. The smallest absolute Gasteiger partial charge is 0.509 e. The van der Waals surface area contributed by atoms with Gasteiger partial charge < -0.3 is 14.0 Å². The van der Waals surface area contributed by atoms with Crippen molar-refractivity contribution in [2.75, 3.05) is 7.11 Å². The molecule has 3 heterocycles. The molecule has 6 aromatic rings. The Balaban J connectivity index is 0.00000427. The molecule has 2 saturated carbocycles. The van der Waals surface area contributed by atoms with Gasteiger partial charge in [0.1, 0.15) is 11.6 Å². The third-order valence-electron chi connectivity index (χ3n) is 12.8. The molecule has 3 aromatic heterocycles. The fraction of sp³-hybridized carbons (Fsp3) is 0.417. The molecule has 9 rings (SSSR count). The fourth-order valence-corrected chi connectivity index (χ4v) is 10.4. The third-order valence-corrected chi connectivity index (χ3v) is 12.8. The van der Waals surface area contributed by atoms with Gasteiger partial charge in [0.05, 0.1) is 12.8 Å². The largest absolute Gasteiger partial charge is 2.00 e. The number of benzene rings is 3. The SMILES string of the molecule is COc1ccnc(-n2c3[c-]c(Oc4[c-]c(-n5nc(C)c(C6C(C7CCCCC7)=CCC[C@@H]6C6CCCCC6)c5C)cc(C)c4)ccc3c3ccccc32)c1.[Pt+2]. The molecule has 55 heavy (non-hydrogen) atoms. The summed E-state index contributed by atoms with van der Waals surface area (Å²) in [6.07, 6.45) is 20.7. The van der Waals surface area contributed by atoms with Crippen LogP contribution in [0.25, 0.3) is 33.3 Å². The van der Waals surface area contributed by atoms with Gasteiger partial charge in [0, 0.05) is 46.5 Å². The van der Waals surface area contributed by atoms with E-state index in [-0.39, 0.29) is 21.1 Å². The molecule has 3 aromatic carbocycles. The molecule has 6 nitrogen and oxygen atoms in total. The molecule has 3 aliphatic carbocycles. The standard InChI is InChI=1S/C48H52N4O2.Pt/c1-31-26-36(52-33(3)47(32(2)50-52)48-40(34-14-7-5-8-15-34)19-13-20-41(48)35-16-9-6-10-17-35)28-39(27-31)54-38-22-23-43-42-18-11-12-21-44(42)51(45(43)29-38)46-30-37(53-4)24-25-49-46;/h11-12,18-19,21-27,30,34-35,41,48H,5-10,13-17,20H2,1-4H3;/q-2;+2/t41-,48?;/m1./s1. The first-order chi connectivity index (χ1) is 26.5. The second kappa shape index (κ2) is 16.1. The number of aromatic nitrogens is 4. The van der Waals surface area contributed by atoms with E-state index in [4.69, 9.17) is 19.6 Å². The predicted octanol–water partition coefficient (Wildman–Crippen LogP) is 12.3. The molecule has 3 aliphatic rings. The Hall–Kier alpha value is -4.15. The van der Waals surface area contributed by atoms with Crippen LogP contribution >= 0.6 is 0 Å². The maximum absolute atomic E-state index is 6.63. The van der Waals surface area contributed by atoms with E-state index in [1.165, 1.54) is 88.3 Å². The number of rotatable bonds is 8. The molecule has 0 aliphatic heterocycles. The Morgan fingerprint density at radius 1 is 0.782 bits per heavy atom. The zero-order chi connectivity index (χ0) is 36.8. The number of hydrogen-bond acceptors (Lipinski definition) is 4. The van der Waals surface area contributed by atoms with E-state index in [1.807, 2.05) is 18.2 Å². The van der Waals surface area contributed by atoms with Crippen LogP contribution in [0.4, 0.5) is 0 Å². The maximum atomic E-state index is 6.63. The van der Waals surface area contributed by atoms with Crippen molar-refractivity contribution in [1.29, 1.82) is 0 Å². The summed E-state index contributed by atoms with van der Waals surface area (Å²) >= 11 is 0. The van der Waals surface area contributed by atoms with Crippen molar-refractivity contribution < 1.29 is 30.5 Å². The van der Waals surface area contributed by atoms with Gasteiger partial charge in [-0.1, -0.05) is 93.7 Å². The van der Waals surface area contributed by atoms with Gasteiger partial charge in [-0.2, -0.15) is 16.7 Å². The Morgan fingerprint density at radius 2 is 1.56 bits per heavy atom. The number of methoxy groups -OCH3 is 1. The van der Waals surface area contributed by atoms with Crippen molar-refractivity contribution in [2.45, 2.75) is 104 Å². The first kappa shape index (κ1) is 37.8. The molecular formula is C48H52N4O2Pt. The van der Waals surface area contributed by atoms with Gasteiger partial charge in [-0.3, -0.25) is 4.68 Å². The second-order valence-corrected chi connectivity index (χ2v) is 16.2. The minimum atomic E-state index is 0. The summed E-state index contributed by atoms with van der Waals surface area (Å²) in [6, 6.07) is 27.8. The van der Waals surface area contributed by atoms with E-state index in [0.29, 0.717) is 23.3 Å². The van der Waals surface area contributed by atoms with Crippen molar-refractivity contribution in [3.05, 3.63) is 113 Å². The normalized spacial score (nSPS) is 19.7. The molecule has 7 heteroatoms. The van der Waals surface area contributed by atoms with Crippen LogP contribution in [0.15, 0.2) is 78.5 Å². The van der Waals surface area contributed by atoms with Crippen LogP contribution in [0.2, 0.25) is 0 Å². The summed E-state index contributed by atoms with van der Waals surface area (Å²) in [6.45, 7) is 6.67. The molecular weight excluding hydrogens is 860 g/mol. The minimum absolute atomic E-state index is 0. The van der Waals surface area contributed by atoms with E-state index < -0.39 is 0 Å². The molecule has 0 N–H and O–H groups in total. The zero-order valence-corrected chi connectivity index (χ0v) is 34.9. The Kier molecular flexibility index (Phi) is 11.1. The summed E-state index contributed by atoms with van der Waals surface area (Å²) < 4.78 is 16.5. The van der Waals surface area contributed by atoms with Crippen LogP contribution in [0.5, 0.6) is 17.2 Å². The maximum Gasteiger partial charge on any atom is 2.00 e. The average Bonchev–Trinajstić information content (AvgIpc) is 3.70. The quantitative estimate of drug-likeness (QED) is 0.113. The molecule has 0 bridgehead atoms. The van der Waals surface area contributed by atoms with E-state index in [9.17, 15) is 0 Å². The Morgan fingerprint density at radius 3 is 2.36 bits per heavy atom. The van der Waals surface area contributed by atoms with Gasteiger partial charge in [0.25, 0.3) is 0 Å². The number of allylic oxidation sites excluding steroid dienone is 2. The molecule has 0 spiro atoms. The van der Waals surface area contributed by atoms with Gasteiger partial charge in [0.15, 0.2) is 0 Å². The molecule has 2 atom stereocenters. The first-order valence-corrected chi connectivity index (χ1v) is 20.4. The van der Waals surface area contributed by atoms with Crippen LogP contribution in [-0.2, 0) is 21.1 Å². The van der Waals surface area contributed by atoms with Crippen molar-refractivity contribution in [2.24, 2.45) is 17.8 Å². The van der Waals surface area contributed by atoms with Crippen molar-refractivity contribution in [1.82, 2.24) is 19.3 Å². The number of aryl methyl sites for hydroxylation is 2. The predicted molar refractivity (Wildman–Crippen MR) is 217 cm³/mol. The Bertz CT molecular complexity index is 2340. The summed E-state index contributed by atoms with van der Waals surface area (Å²) in [7, 11) is 1.68. The molecule has 1 unspecified atom stereocenters. The van der Waals surface area contributed by atoms with E-state index >= 15 is 0 Å². The van der Waals surface area contributed by atoms with Crippen molar-refractivity contribution in [3.63, 3.8) is 0 Å². The van der Waals surface area contributed by atoms with Gasteiger partial charge >= 0.3 is 21.1 Å². The van der Waals surface area contributed by atoms with Gasteiger partial charge in [-0.15, -0.1) is 35.7 Å². The van der Waals surface area contributed by atoms with E-state index in [2.05, 4.69) is 90.7 Å². The summed E-state index contributed by atoms with van der Waals surface area (Å²) in [5.41, 5.74) is 9.59. The van der Waals surface area contributed by atoms with Crippen LogP contribution in [0.1, 0.15) is 105 Å². The van der Waals surface area contributed by atoms with Crippen molar-refractivity contribution >= 4 is 21.8 Å². The Labute approximate surface area is 340 Å². The van der Waals surface area contributed by atoms with Gasteiger partial charge in [-0.05, 0) is 80.5 Å². The zero-order valence-electron chi connectivity index (χ0n) is 32.6. The molecule has 2 fully saturated rings. The van der Waals surface area contributed by atoms with Crippen molar-refractivity contribution in [3.8, 4) is 28.8 Å². The van der Waals surface area contributed by atoms with Crippen LogP contribution in [-0.4, -0.2) is 26.4 Å². The van der Waals surface area contributed by atoms with E-state index in [1.54, 1.807) is 18.9 Å². The summed E-state index contributed by atoms with van der Waals surface area (Å²) in [5.74, 6) is 5.49. The molecule has 0 radical (unpaired) electrons. The number of nitrogens with zero attached hydrogens (tertiary/aromatic N) is 4. The van der Waals surface area contributed by atoms with E-state index in [0.717, 1.165) is 62.2 Å². The first-order valence-electron chi connectivity index (χ1n) is 20.4. The number of hydrogen-bond donors (Lipinski definition) is 0. The summed E-state index contributed by atoms with van der Waals surface area (Å²) in [5, 5.41) is 7.52.